The standard InChI is InChI=1S/C6H10N2O2.C3H5F3O/c7-6(10)5-2-1-3-8(5)4-9;1-7-2-3(4,5)6/h4-5H,1-3H2,(H2,7,10);2H2,1H3/t5-;/m0./s1. The predicted octanol–water partition coefficient (Wildman–Crippen LogP) is 0.288. The lowest BCUT2D eigenvalue weighted by molar-refractivity contribution is -0.167. The molecular formula is C9H15F3N2O3. The topological polar surface area (TPSA) is 72.6 Å². The van der Waals surface area contributed by atoms with Crippen LogP contribution >= 0.6 is 0 Å². The molecule has 1 saturated heterocycles. The Morgan fingerprint density at radius 2 is 2.18 bits per heavy atom. The molecule has 0 aromatic carbocycles. The summed E-state index contributed by atoms with van der Waals surface area (Å²) in [6.07, 6.45) is -1.89. The van der Waals surface area contributed by atoms with Crippen LogP contribution in [0.2, 0.25) is 0 Å². The summed E-state index contributed by atoms with van der Waals surface area (Å²) in [5.74, 6) is -0.399. The maximum Gasteiger partial charge on any atom is 0.411 e. The Balaban J connectivity index is 0.000000325. The smallest absolute Gasteiger partial charge is 0.375 e. The highest BCUT2D eigenvalue weighted by molar-refractivity contribution is 5.82. The Morgan fingerprint density at radius 1 is 1.59 bits per heavy atom. The van der Waals surface area contributed by atoms with Gasteiger partial charge in [0.15, 0.2) is 0 Å². The van der Waals surface area contributed by atoms with Gasteiger partial charge in [-0.1, -0.05) is 0 Å². The summed E-state index contributed by atoms with van der Waals surface area (Å²) < 4.78 is 36.6. The largest absolute Gasteiger partial charge is 0.411 e. The van der Waals surface area contributed by atoms with Crippen LogP contribution < -0.4 is 5.73 Å². The lowest BCUT2D eigenvalue weighted by Gasteiger charge is -2.15. The number of methoxy groups -OCH3 is 1. The molecule has 0 aliphatic carbocycles. The molecule has 0 saturated carbocycles. The molecule has 1 heterocycles. The highest BCUT2D eigenvalue weighted by atomic mass is 19.4. The zero-order chi connectivity index (χ0) is 13.5. The van der Waals surface area contributed by atoms with E-state index in [9.17, 15) is 22.8 Å². The van der Waals surface area contributed by atoms with Gasteiger partial charge < -0.3 is 15.4 Å². The van der Waals surface area contributed by atoms with Gasteiger partial charge in [-0.2, -0.15) is 13.2 Å². The maximum atomic E-state index is 10.9. The van der Waals surface area contributed by atoms with E-state index in [0.29, 0.717) is 19.4 Å². The minimum atomic E-state index is -4.17. The Labute approximate surface area is 96.7 Å². The van der Waals surface area contributed by atoms with Crippen LogP contribution in [0.3, 0.4) is 0 Å². The van der Waals surface area contributed by atoms with Crippen molar-refractivity contribution in [2.45, 2.75) is 25.1 Å². The number of primary amides is 1. The summed E-state index contributed by atoms with van der Waals surface area (Å²) >= 11 is 0. The Hall–Kier alpha value is -1.31. The second-order valence-electron chi connectivity index (χ2n) is 3.45. The molecule has 0 spiro atoms. The van der Waals surface area contributed by atoms with E-state index in [-0.39, 0.29) is 6.04 Å². The van der Waals surface area contributed by atoms with Crippen molar-refractivity contribution in [1.82, 2.24) is 4.90 Å². The van der Waals surface area contributed by atoms with Crippen LogP contribution in [0.4, 0.5) is 13.2 Å². The van der Waals surface area contributed by atoms with Gasteiger partial charge in [0.25, 0.3) is 0 Å². The van der Waals surface area contributed by atoms with Gasteiger partial charge in [0, 0.05) is 13.7 Å². The summed E-state index contributed by atoms with van der Waals surface area (Å²) in [5.41, 5.74) is 5.02. The average Bonchev–Trinajstić information content (AvgIpc) is 2.64. The molecule has 2 amide bonds. The van der Waals surface area contributed by atoms with Crippen LogP contribution in [0.25, 0.3) is 0 Å². The number of likely N-dealkylation sites (tertiary alicyclic amines) is 1. The third-order valence-electron chi connectivity index (χ3n) is 2.07. The molecule has 1 atom stereocenters. The second kappa shape index (κ2) is 7.10. The van der Waals surface area contributed by atoms with Crippen LogP contribution in [0.15, 0.2) is 0 Å². The van der Waals surface area contributed by atoms with Crippen LogP contribution in [-0.2, 0) is 14.3 Å². The highest BCUT2D eigenvalue weighted by Crippen LogP contribution is 2.14. The minimum absolute atomic E-state index is 0.350. The summed E-state index contributed by atoms with van der Waals surface area (Å²) in [4.78, 5) is 22.3. The third-order valence-corrected chi connectivity index (χ3v) is 2.07. The normalized spacial score (nSPS) is 19.5. The highest BCUT2D eigenvalue weighted by Gasteiger charge is 2.27. The quantitative estimate of drug-likeness (QED) is 0.737. The van der Waals surface area contributed by atoms with Gasteiger partial charge in [-0.25, -0.2) is 0 Å². The van der Waals surface area contributed by atoms with Crippen LogP contribution in [0.1, 0.15) is 12.8 Å². The number of carbonyl (C=O) groups excluding carboxylic acids is 2. The van der Waals surface area contributed by atoms with Crippen molar-refractivity contribution >= 4 is 12.3 Å². The summed E-state index contributed by atoms with van der Waals surface area (Å²) in [6, 6.07) is -0.350. The summed E-state index contributed by atoms with van der Waals surface area (Å²) in [7, 11) is 1.01. The molecule has 100 valence electrons. The summed E-state index contributed by atoms with van der Waals surface area (Å²) in [5, 5.41) is 0. The minimum Gasteiger partial charge on any atom is -0.375 e. The van der Waals surface area contributed by atoms with Gasteiger partial charge in [0.1, 0.15) is 12.6 Å². The molecular weight excluding hydrogens is 241 g/mol. The number of ether oxygens (including phenoxy) is 1. The number of halogens is 3. The number of amides is 2. The van der Waals surface area contributed by atoms with E-state index in [1.807, 2.05) is 0 Å². The molecule has 2 N–H and O–H groups in total. The first kappa shape index (κ1) is 15.7. The molecule has 0 aromatic heterocycles. The lowest BCUT2D eigenvalue weighted by Crippen LogP contribution is -2.39. The van der Waals surface area contributed by atoms with Crippen molar-refractivity contribution in [2.24, 2.45) is 5.73 Å². The van der Waals surface area contributed by atoms with Gasteiger partial charge in [-0.05, 0) is 12.8 Å². The van der Waals surface area contributed by atoms with E-state index in [1.54, 1.807) is 0 Å². The van der Waals surface area contributed by atoms with E-state index in [1.165, 1.54) is 4.90 Å². The number of nitrogens with two attached hydrogens (primary N) is 1. The zero-order valence-electron chi connectivity index (χ0n) is 9.37. The molecule has 8 heteroatoms. The van der Waals surface area contributed by atoms with Gasteiger partial charge in [0.05, 0.1) is 0 Å². The van der Waals surface area contributed by atoms with Gasteiger partial charge >= 0.3 is 6.18 Å². The molecule has 1 aliphatic rings. The number of hydrogen-bond donors (Lipinski definition) is 1. The number of alkyl halides is 3. The second-order valence-corrected chi connectivity index (χ2v) is 3.45. The number of hydrogen-bond acceptors (Lipinski definition) is 3. The molecule has 1 rings (SSSR count). The van der Waals surface area contributed by atoms with Gasteiger partial charge in [-0.3, -0.25) is 9.59 Å². The maximum absolute atomic E-state index is 10.9. The van der Waals surface area contributed by atoms with Crippen molar-refractivity contribution in [3.63, 3.8) is 0 Å². The molecule has 0 bridgehead atoms. The van der Waals surface area contributed by atoms with E-state index in [2.05, 4.69) is 4.74 Å². The van der Waals surface area contributed by atoms with E-state index in [4.69, 9.17) is 5.73 Å². The molecule has 5 nitrogen and oxygen atoms in total. The van der Waals surface area contributed by atoms with Crippen LogP contribution in [0.5, 0.6) is 0 Å². The average molecular weight is 256 g/mol. The van der Waals surface area contributed by atoms with E-state index >= 15 is 0 Å². The fraction of sp³-hybridized carbons (Fsp3) is 0.778. The van der Waals surface area contributed by atoms with Crippen molar-refractivity contribution in [1.29, 1.82) is 0 Å². The predicted molar refractivity (Wildman–Crippen MR) is 52.9 cm³/mol. The monoisotopic (exact) mass is 256 g/mol. The van der Waals surface area contributed by atoms with Crippen molar-refractivity contribution in [3.8, 4) is 0 Å². The van der Waals surface area contributed by atoms with Crippen LogP contribution in [-0.4, -0.2) is 49.7 Å². The number of nitrogens with zero attached hydrogens (tertiary/aromatic N) is 1. The van der Waals surface area contributed by atoms with E-state index < -0.39 is 18.7 Å². The van der Waals surface area contributed by atoms with Crippen molar-refractivity contribution < 1.29 is 27.5 Å². The Kier molecular flexibility index (Phi) is 6.55. The van der Waals surface area contributed by atoms with Gasteiger partial charge in [-0.15, -0.1) is 0 Å². The molecule has 0 unspecified atom stereocenters. The first-order valence-corrected chi connectivity index (χ1v) is 4.88. The fourth-order valence-electron chi connectivity index (χ4n) is 1.38. The third kappa shape index (κ3) is 6.77. The zero-order valence-corrected chi connectivity index (χ0v) is 9.37. The van der Waals surface area contributed by atoms with Gasteiger partial charge in [0.2, 0.25) is 12.3 Å². The molecule has 0 aromatic rings. The molecule has 1 fully saturated rings. The van der Waals surface area contributed by atoms with Crippen molar-refractivity contribution in [2.75, 3.05) is 20.3 Å². The number of carbonyl (C=O) groups is 2. The molecule has 1 aliphatic heterocycles. The van der Waals surface area contributed by atoms with Crippen molar-refractivity contribution in [3.05, 3.63) is 0 Å². The Morgan fingerprint density at radius 3 is 2.41 bits per heavy atom. The first-order chi connectivity index (χ1) is 7.81. The SMILES string of the molecule is COCC(F)(F)F.NC(=O)[C@@H]1CCCN1C=O. The summed E-state index contributed by atoms with van der Waals surface area (Å²) in [6.45, 7) is -0.496. The fourth-order valence-corrected chi connectivity index (χ4v) is 1.38. The molecule has 17 heavy (non-hydrogen) atoms. The van der Waals surface area contributed by atoms with E-state index in [0.717, 1.165) is 13.5 Å². The first-order valence-electron chi connectivity index (χ1n) is 4.88. The number of rotatable bonds is 3. The van der Waals surface area contributed by atoms with Crippen LogP contribution in [0, 0.1) is 0 Å². The lowest BCUT2D eigenvalue weighted by atomic mass is 10.2. The molecule has 0 radical (unpaired) electrons. The Bertz CT molecular complexity index is 258.